The third kappa shape index (κ3) is 4.45. The molecule has 0 radical (unpaired) electrons. The van der Waals surface area contributed by atoms with Crippen LogP contribution in [0.25, 0.3) is 11.1 Å². The van der Waals surface area contributed by atoms with Gasteiger partial charge in [-0.15, -0.1) is 11.3 Å². The van der Waals surface area contributed by atoms with Crippen molar-refractivity contribution in [1.29, 1.82) is 0 Å². The van der Waals surface area contributed by atoms with Crippen LogP contribution in [0.5, 0.6) is 5.75 Å². The lowest BCUT2D eigenvalue weighted by molar-refractivity contribution is 0.279. The second-order valence-corrected chi connectivity index (χ2v) is 7.40. The molecule has 0 unspecified atom stereocenters. The molecule has 2 aromatic carbocycles. The Morgan fingerprint density at radius 1 is 1.03 bits per heavy atom. The number of aliphatic hydroxyl groups excluding tert-OH is 1. The second kappa shape index (κ2) is 8.86. The monoisotopic (exact) mass is 403 g/mol. The maximum Gasteiger partial charge on any atom is 0.188 e. The quantitative estimate of drug-likeness (QED) is 0.437. The average Bonchev–Trinajstić information content (AvgIpc) is 3.17. The topological polar surface area (TPSA) is 67.3 Å². The molecular weight excluding hydrogens is 382 g/mol. The number of thiazole rings is 1. The number of hydrogen-bond acceptors (Lipinski definition) is 6. The average molecular weight is 404 g/mol. The van der Waals surface area contributed by atoms with E-state index in [9.17, 15) is 5.11 Å². The number of aromatic nitrogens is 2. The van der Waals surface area contributed by atoms with E-state index < -0.39 is 0 Å². The van der Waals surface area contributed by atoms with Crippen LogP contribution in [0.3, 0.4) is 0 Å². The van der Waals surface area contributed by atoms with E-state index in [0.717, 1.165) is 33.1 Å². The molecule has 2 aromatic heterocycles. The van der Waals surface area contributed by atoms with Crippen LogP contribution in [0.15, 0.2) is 72.2 Å². The van der Waals surface area contributed by atoms with Gasteiger partial charge in [-0.2, -0.15) is 0 Å². The summed E-state index contributed by atoms with van der Waals surface area (Å²) in [5, 5.41) is 16.0. The van der Waals surface area contributed by atoms with Crippen molar-refractivity contribution in [2.45, 2.75) is 20.1 Å². The number of aliphatic hydroxyl groups is 1. The van der Waals surface area contributed by atoms with Crippen molar-refractivity contribution in [1.82, 2.24) is 9.97 Å². The highest BCUT2D eigenvalue weighted by molar-refractivity contribution is 7.13. The van der Waals surface area contributed by atoms with E-state index in [1.54, 1.807) is 6.20 Å². The van der Waals surface area contributed by atoms with E-state index in [-0.39, 0.29) is 6.61 Å². The number of pyridine rings is 1. The molecule has 2 heterocycles. The molecule has 0 aliphatic carbocycles. The first-order valence-electron chi connectivity index (χ1n) is 9.28. The fourth-order valence-corrected chi connectivity index (χ4v) is 3.78. The predicted molar refractivity (Wildman–Crippen MR) is 117 cm³/mol. The fraction of sp³-hybridized carbons (Fsp3) is 0.130. The van der Waals surface area contributed by atoms with Crippen LogP contribution in [-0.4, -0.2) is 15.1 Å². The van der Waals surface area contributed by atoms with Gasteiger partial charge in [0.2, 0.25) is 0 Å². The van der Waals surface area contributed by atoms with Crippen molar-refractivity contribution in [3.8, 4) is 16.9 Å². The zero-order valence-electron chi connectivity index (χ0n) is 16.0. The number of hydrogen-bond donors (Lipinski definition) is 2. The normalized spacial score (nSPS) is 10.7. The van der Waals surface area contributed by atoms with Gasteiger partial charge in [0, 0.05) is 22.7 Å². The van der Waals surface area contributed by atoms with Crippen LogP contribution in [0.1, 0.15) is 16.8 Å². The van der Waals surface area contributed by atoms with Crippen molar-refractivity contribution in [2.24, 2.45) is 0 Å². The Kier molecular flexibility index (Phi) is 5.84. The van der Waals surface area contributed by atoms with Crippen LogP contribution in [-0.2, 0) is 13.2 Å². The summed E-state index contributed by atoms with van der Waals surface area (Å²) in [5.41, 5.74) is 4.50. The van der Waals surface area contributed by atoms with Gasteiger partial charge in [-0.3, -0.25) is 0 Å². The number of anilines is 2. The molecule has 0 spiro atoms. The van der Waals surface area contributed by atoms with E-state index in [2.05, 4.69) is 15.3 Å². The smallest absolute Gasteiger partial charge is 0.188 e. The molecule has 0 aliphatic heterocycles. The molecular formula is C23H21N3O2S. The Morgan fingerprint density at radius 2 is 1.90 bits per heavy atom. The first kappa shape index (κ1) is 19.1. The molecule has 0 saturated heterocycles. The standard InChI is InChI=1S/C23H21N3O2S/c1-16-15-29-23(25-16)26-22-19(10-6-12-24-22)21-18(13-27)9-5-11-20(21)28-14-17-7-3-2-4-8-17/h2-12,15,27H,13-14H2,1H3,(H,24,25,26). The Labute approximate surface area is 173 Å². The molecule has 0 bridgehead atoms. The second-order valence-electron chi connectivity index (χ2n) is 6.54. The van der Waals surface area contributed by atoms with Gasteiger partial charge in [-0.25, -0.2) is 9.97 Å². The number of ether oxygens (including phenoxy) is 1. The summed E-state index contributed by atoms with van der Waals surface area (Å²) < 4.78 is 6.15. The largest absolute Gasteiger partial charge is 0.488 e. The van der Waals surface area contributed by atoms with Crippen LogP contribution in [0, 0.1) is 6.92 Å². The molecule has 146 valence electrons. The third-order valence-electron chi connectivity index (χ3n) is 4.44. The van der Waals surface area contributed by atoms with Crippen molar-refractivity contribution in [2.75, 3.05) is 5.32 Å². The Bertz CT molecular complexity index is 1100. The van der Waals surface area contributed by atoms with E-state index in [4.69, 9.17) is 4.74 Å². The highest BCUT2D eigenvalue weighted by Crippen LogP contribution is 2.38. The van der Waals surface area contributed by atoms with E-state index in [0.29, 0.717) is 18.2 Å². The van der Waals surface area contributed by atoms with Gasteiger partial charge in [-0.05, 0) is 36.2 Å². The van der Waals surface area contributed by atoms with Crippen LogP contribution in [0.4, 0.5) is 10.9 Å². The summed E-state index contributed by atoms with van der Waals surface area (Å²) >= 11 is 1.53. The van der Waals surface area contributed by atoms with Gasteiger partial charge >= 0.3 is 0 Å². The van der Waals surface area contributed by atoms with Crippen molar-refractivity contribution >= 4 is 22.3 Å². The van der Waals surface area contributed by atoms with Gasteiger partial charge in [-0.1, -0.05) is 42.5 Å². The number of rotatable bonds is 7. The Morgan fingerprint density at radius 3 is 2.66 bits per heavy atom. The minimum absolute atomic E-state index is 0.0947. The summed E-state index contributed by atoms with van der Waals surface area (Å²) in [7, 11) is 0. The van der Waals surface area contributed by atoms with Crippen molar-refractivity contribution < 1.29 is 9.84 Å². The number of benzene rings is 2. The van der Waals surface area contributed by atoms with Gasteiger partial charge in [0.25, 0.3) is 0 Å². The summed E-state index contributed by atoms with van der Waals surface area (Å²) in [6, 6.07) is 19.6. The summed E-state index contributed by atoms with van der Waals surface area (Å²) in [4.78, 5) is 8.98. The minimum Gasteiger partial charge on any atom is -0.488 e. The van der Waals surface area contributed by atoms with Crippen LogP contribution < -0.4 is 10.1 Å². The summed E-state index contributed by atoms with van der Waals surface area (Å²) in [5.74, 6) is 1.37. The summed E-state index contributed by atoms with van der Waals surface area (Å²) in [6.07, 6.45) is 1.73. The van der Waals surface area contributed by atoms with Gasteiger partial charge < -0.3 is 15.2 Å². The van der Waals surface area contributed by atoms with Gasteiger partial charge in [0.1, 0.15) is 18.2 Å². The number of nitrogens with one attached hydrogen (secondary N) is 1. The van der Waals surface area contributed by atoms with Crippen molar-refractivity contribution in [3.63, 3.8) is 0 Å². The van der Waals surface area contributed by atoms with Gasteiger partial charge in [0.15, 0.2) is 5.13 Å². The maximum absolute atomic E-state index is 9.97. The molecule has 0 fully saturated rings. The number of aryl methyl sites for hydroxylation is 1. The van der Waals surface area contributed by atoms with Crippen LogP contribution >= 0.6 is 11.3 Å². The molecule has 2 N–H and O–H groups in total. The highest BCUT2D eigenvalue weighted by Gasteiger charge is 2.17. The molecule has 29 heavy (non-hydrogen) atoms. The molecule has 0 amide bonds. The molecule has 6 heteroatoms. The first-order chi connectivity index (χ1) is 14.2. The molecule has 0 atom stereocenters. The maximum atomic E-state index is 9.97. The highest BCUT2D eigenvalue weighted by atomic mass is 32.1. The zero-order chi connectivity index (χ0) is 20.1. The van der Waals surface area contributed by atoms with E-state index in [1.165, 1.54) is 11.3 Å². The zero-order valence-corrected chi connectivity index (χ0v) is 16.8. The van der Waals surface area contributed by atoms with Crippen LogP contribution in [0.2, 0.25) is 0 Å². The Balaban J connectivity index is 1.72. The number of nitrogens with zero attached hydrogens (tertiary/aromatic N) is 2. The van der Waals surface area contributed by atoms with Gasteiger partial charge in [0.05, 0.1) is 12.3 Å². The molecule has 0 aliphatic rings. The molecule has 5 nitrogen and oxygen atoms in total. The fourth-order valence-electron chi connectivity index (χ4n) is 3.09. The minimum atomic E-state index is -0.0947. The lowest BCUT2D eigenvalue weighted by Gasteiger charge is -2.17. The molecule has 0 saturated carbocycles. The SMILES string of the molecule is Cc1csc(Nc2ncccc2-c2c(CO)cccc2OCc2ccccc2)n1. The van der Waals surface area contributed by atoms with E-state index >= 15 is 0 Å². The van der Waals surface area contributed by atoms with Crippen molar-refractivity contribution in [3.05, 3.63) is 89.1 Å². The lowest BCUT2D eigenvalue weighted by atomic mass is 9.99. The van der Waals surface area contributed by atoms with E-state index in [1.807, 2.05) is 73.0 Å². The Hall–Kier alpha value is -3.22. The molecule has 4 aromatic rings. The lowest BCUT2D eigenvalue weighted by Crippen LogP contribution is -2.02. The predicted octanol–water partition coefficient (Wildman–Crippen LogP) is 5.33. The first-order valence-corrected chi connectivity index (χ1v) is 10.2. The summed E-state index contributed by atoms with van der Waals surface area (Å²) in [6.45, 7) is 2.30. The molecule has 4 rings (SSSR count). The third-order valence-corrected chi connectivity index (χ3v) is 5.32.